The average molecular weight is 392 g/mol. The summed E-state index contributed by atoms with van der Waals surface area (Å²) >= 11 is 1.91. The molecular formula is C27H21NS. The summed E-state index contributed by atoms with van der Waals surface area (Å²) in [5, 5.41) is 3.71. The monoisotopic (exact) mass is 391 g/mol. The second-order valence-corrected chi connectivity index (χ2v) is 9.07. The molecule has 6 rings (SSSR count). The van der Waals surface area contributed by atoms with Crippen molar-refractivity contribution < 1.29 is 0 Å². The number of benzene rings is 4. The lowest BCUT2D eigenvalue weighted by Crippen LogP contribution is -2.37. The van der Waals surface area contributed by atoms with Gasteiger partial charge in [0.15, 0.2) is 0 Å². The fourth-order valence-corrected chi connectivity index (χ4v) is 6.33. The molecule has 4 aromatic carbocycles. The normalized spacial score (nSPS) is 18.3. The van der Waals surface area contributed by atoms with Crippen molar-refractivity contribution in [2.75, 3.05) is 5.32 Å². The van der Waals surface area contributed by atoms with Crippen molar-refractivity contribution in [3.63, 3.8) is 0 Å². The zero-order valence-electron chi connectivity index (χ0n) is 16.5. The van der Waals surface area contributed by atoms with E-state index < -0.39 is 0 Å². The maximum Gasteiger partial charge on any atom is 0.0763 e. The first-order valence-electron chi connectivity index (χ1n) is 10.0. The van der Waals surface area contributed by atoms with Gasteiger partial charge in [0.2, 0.25) is 0 Å². The molecule has 0 saturated carbocycles. The van der Waals surface area contributed by atoms with E-state index >= 15 is 0 Å². The van der Waals surface area contributed by atoms with Crippen molar-refractivity contribution in [3.05, 3.63) is 118 Å². The van der Waals surface area contributed by atoms with E-state index in [1.165, 1.54) is 54.5 Å². The molecule has 2 aliphatic heterocycles. The van der Waals surface area contributed by atoms with E-state index in [1.807, 2.05) is 11.8 Å². The summed E-state index contributed by atoms with van der Waals surface area (Å²) in [7, 11) is 0. The van der Waals surface area contributed by atoms with Gasteiger partial charge in [0.25, 0.3) is 0 Å². The Morgan fingerprint density at radius 1 is 0.655 bits per heavy atom. The molecule has 1 nitrogen and oxygen atoms in total. The van der Waals surface area contributed by atoms with Crippen LogP contribution in [-0.2, 0) is 5.41 Å². The molecule has 1 atom stereocenters. The Hall–Kier alpha value is -2.97. The van der Waals surface area contributed by atoms with E-state index in [-0.39, 0.29) is 5.41 Å². The zero-order valence-corrected chi connectivity index (χ0v) is 17.3. The number of aryl methyl sites for hydroxylation is 2. The van der Waals surface area contributed by atoms with Crippen molar-refractivity contribution in [1.29, 1.82) is 0 Å². The molecule has 140 valence electrons. The highest BCUT2D eigenvalue weighted by Gasteiger charge is 2.48. The minimum absolute atomic E-state index is 0.313. The van der Waals surface area contributed by atoms with Crippen molar-refractivity contribution in [2.24, 2.45) is 0 Å². The lowest BCUT2D eigenvalue weighted by Gasteiger charge is -2.46. The molecule has 1 unspecified atom stereocenters. The molecule has 29 heavy (non-hydrogen) atoms. The van der Waals surface area contributed by atoms with Crippen LogP contribution in [0.4, 0.5) is 11.4 Å². The third-order valence-corrected chi connectivity index (χ3v) is 7.62. The summed E-state index contributed by atoms with van der Waals surface area (Å²) in [6.07, 6.45) is 0. The Balaban J connectivity index is 1.86. The van der Waals surface area contributed by atoms with E-state index in [0.29, 0.717) is 0 Å². The molecule has 0 radical (unpaired) electrons. The molecule has 2 heteroatoms. The molecule has 2 heterocycles. The first-order chi connectivity index (χ1) is 14.2. The lowest BCUT2D eigenvalue weighted by molar-refractivity contribution is 0.696. The highest BCUT2D eigenvalue weighted by Crippen LogP contribution is 2.60. The van der Waals surface area contributed by atoms with E-state index in [1.54, 1.807) is 0 Å². The van der Waals surface area contributed by atoms with Gasteiger partial charge in [-0.3, -0.25) is 0 Å². The van der Waals surface area contributed by atoms with Crippen LogP contribution in [0.2, 0.25) is 0 Å². The second kappa shape index (κ2) is 6.01. The molecule has 0 amide bonds. The number of hydrogen-bond acceptors (Lipinski definition) is 2. The summed E-state index contributed by atoms with van der Waals surface area (Å²) in [6.45, 7) is 4.42. The summed E-state index contributed by atoms with van der Waals surface area (Å²) in [5.41, 5.74) is 10.1. The largest absolute Gasteiger partial charge is 0.355 e. The molecular weight excluding hydrogens is 370 g/mol. The van der Waals surface area contributed by atoms with Crippen molar-refractivity contribution in [3.8, 4) is 0 Å². The van der Waals surface area contributed by atoms with E-state index in [0.717, 1.165) is 0 Å². The first kappa shape index (κ1) is 16.9. The van der Waals surface area contributed by atoms with Crippen LogP contribution in [0, 0.1) is 13.8 Å². The van der Waals surface area contributed by atoms with E-state index in [9.17, 15) is 0 Å². The summed E-state index contributed by atoms with van der Waals surface area (Å²) in [6, 6.07) is 31.3. The molecule has 2 aliphatic rings. The number of para-hydroxylation sites is 1. The molecule has 0 aliphatic carbocycles. The fraction of sp³-hybridized carbons (Fsp3) is 0.111. The van der Waals surface area contributed by atoms with Crippen molar-refractivity contribution >= 4 is 23.1 Å². The minimum atomic E-state index is -0.313. The Morgan fingerprint density at radius 3 is 2.28 bits per heavy atom. The number of hydrogen-bond donors (Lipinski definition) is 1. The summed E-state index contributed by atoms with van der Waals surface area (Å²) in [5.74, 6) is 0. The van der Waals surface area contributed by atoms with Gasteiger partial charge in [0.1, 0.15) is 0 Å². The lowest BCUT2D eigenvalue weighted by atomic mass is 9.62. The van der Waals surface area contributed by atoms with Gasteiger partial charge in [-0.25, -0.2) is 0 Å². The van der Waals surface area contributed by atoms with Gasteiger partial charge >= 0.3 is 0 Å². The Bertz CT molecular complexity index is 1270. The molecule has 1 N–H and O–H groups in total. The maximum atomic E-state index is 3.71. The van der Waals surface area contributed by atoms with Gasteiger partial charge in [0.05, 0.1) is 5.41 Å². The van der Waals surface area contributed by atoms with Gasteiger partial charge in [-0.15, -0.1) is 0 Å². The van der Waals surface area contributed by atoms with Crippen LogP contribution >= 0.6 is 11.8 Å². The predicted octanol–water partition coefficient (Wildman–Crippen LogP) is 7.21. The van der Waals surface area contributed by atoms with Gasteiger partial charge < -0.3 is 5.32 Å². The maximum absolute atomic E-state index is 3.71. The van der Waals surface area contributed by atoms with Gasteiger partial charge in [-0.1, -0.05) is 84.1 Å². The fourth-order valence-electron chi connectivity index (χ4n) is 5.07. The first-order valence-corrected chi connectivity index (χ1v) is 10.9. The summed E-state index contributed by atoms with van der Waals surface area (Å²) < 4.78 is 0. The predicted molar refractivity (Wildman–Crippen MR) is 122 cm³/mol. The van der Waals surface area contributed by atoms with Crippen LogP contribution in [0.25, 0.3) is 0 Å². The molecule has 1 spiro atoms. The van der Waals surface area contributed by atoms with E-state index in [4.69, 9.17) is 0 Å². The number of fused-ring (bicyclic) bond motifs is 8. The van der Waals surface area contributed by atoms with Crippen LogP contribution in [0.5, 0.6) is 0 Å². The molecule has 0 aromatic heterocycles. The topological polar surface area (TPSA) is 12.0 Å². The third-order valence-electron chi connectivity index (χ3n) is 6.30. The number of rotatable bonds is 0. The van der Waals surface area contributed by atoms with Crippen LogP contribution in [0.3, 0.4) is 0 Å². The Labute approximate surface area is 175 Å². The summed E-state index contributed by atoms with van der Waals surface area (Å²) in [4.78, 5) is 2.73. The number of nitrogens with one attached hydrogen (secondary N) is 1. The van der Waals surface area contributed by atoms with E-state index in [2.05, 4.69) is 104 Å². The quantitative estimate of drug-likeness (QED) is 0.294. The molecule has 0 bridgehead atoms. The Kier molecular flexibility index (Phi) is 3.51. The van der Waals surface area contributed by atoms with Crippen LogP contribution in [0.1, 0.15) is 33.4 Å². The number of anilines is 2. The highest BCUT2D eigenvalue weighted by molar-refractivity contribution is 7.99. The van der Waals surface area contributed by atoms with Crippen molar-refractivity contribution in [1.82, 2.24) is 0 Å². The van der Waals surface area contributed by atoms with Gasteiger partial charge in [0, 0.05) is 21.2 Å². The van der Waals surface area contributed by atoms with Gasteiger partial charge in [-0.05, 0) is 59.9 Å². The third kappa shape index (κ3) is 2.18. The second-order valence-electron chi connectivity index (χ2n) is 8.02. The Morgan fingerprint density at radius 2 is 1.38 bits per heavy atom. The van der Waals surface area contributed by atoms with Crippen LogP contribution in [-0.4, -0.2) is 0 Å². The molecule has 0 saturated heterocycles. The molecule has 4 aromatic rings. The minimum Gasteiger partial charge on any atom is -0.355 e. The van der Waals surface area contributed by atoms with Crippen LogP contribution in [0.15, 0.2) is 94.7 Å². The average Bonchev–Trinajstić information content (AvgIpc) is 2.75. The molecule has 0 fully saturated rings. The zero-order chi connectivity index (χ0) is 19.6. The van der Waals surface area contributed by atoms with Gasteiger partial charge in [-0.2, -0.15) is 0 Å². The highest BCUT2D eigenvalue weighted by atomic mass is 32.2. The SMILES string of the molecule is Cc1ccc2c(c1)C1(c3ccccc3N2)c2ccccc2Sc2c(C)cccc21. The van der Waals surface area contributed by atoms with Crippen molar-refractivity contribution in [2.45, 2.75) is 29.1 Å². The van der Waals surface area contributed by atoms with Crippen LogP contribution < -0.4 is 5.32 Å². The smallest absolute Gasteiger partial charge is 0.0763 e. The standard InChI is InChI=1S/C27H21NS/c1-17-14-15-24-22(16-17)27(19-9-3-5-12-23(19)28-24)20-10-4-6-13-25(20)29-26-18(2)8-7-11-21(26)27/h3-16,28H,1-2H3.